The van der Waals surface area contributed by atoms with Crippen LogP contribution in [0.2, 0.25) is 0 Å². The molecule has 92 valence electrons. The highest BCUT2D eigenvalue weighted by Crippen LogP contribution is 2.19. The summed E-state index contributed by atoms with van der Waals surface area (Å²) in [5.74, 6) is -0.499. The summed E-state index contributed by atoms with van der Waals surface area (Å²) in [4.78, 5) is 11.0. The van der Waals surface area contributed by atoms with Crippen molar-refractivity contribution in [1.82, 2.24) is 5.32 Å². The molecule has 0 radical (unpaired) electrons. The van der Waals surface area contributed by atoms with E-state index in [-0.39, 0.29) is 12.1 Å². The Bertz CT molecular complexity index is 294. The molecular weight excluding hydrogens is 216 g/mol. The van der Waals surface area contributed by atoms with Crippen molar-refractivity contribution in [1.29, 1.82) is 0 Å². The molecule has 7 nitrogen and oxygen atoms in total. The monoisotopic (exact) mass is 232 g/mol. The van der Waals surface area contributed by atoms with Gasteiger partial charge in [0.1, 0.15) is 18.3 Å². The number of hydrogen-bond acceptors (Lipinski definition) is 6. The number of amides is 1. The summed E-state index contributed by atoms with van der Waals surface area (Å²) in [5.41, 5.74) is 5.24. The van der Waals surface area contributed by atoms with E-state index in [1.54, 1.807) is 0 Å². The Kier molecular flexibility index (Phi) is 4.39. The normalized spacial score (nSPS) is 34.4. The number of aliphatic hydroxyl groups excluding tert-OH is 4. The minimum absolute atomic E-state index is 0.153. The van der Waals surface area contributed by atoms with Gasteiger partial charge < -0.3 is 31.5 Å². The van der Waals surface area contributed by atoms with E-state index in [1.165, 1.54) is 6.08 Å². The van der Waals surface area contributed by atoms with Gasteiger partial charge in [-0.15, -0.1) is 0 Å². The molecule has 0 heterocycles. The Morgan fingerprint density at radius 2 is 2.00 bits per heavy atom. The van der Waals surface area contributed by atoms with Gasteiger partial charge in [-0.1, -0.05) is 6.08 Å². The van der Waals surface area contributed by atoms with Crippen LogP contribution in [0.4, 0.5) is 0 Å². The second-order valence-corrected chi connectivity index (χ2v) is 3.62. The molecule has 0 aliphatic heterocycles. The molecule has 0 spiro atoms. The van der Waals surface area contributed by atoms with E-state index >= 15 is 0 Å². The third-order valence-electron chi connectivity index (χ3n) is 2.51. The van der Waals surface area contributed by atoms with Crippen LogP contribution in [-0.4, -0.2) is 63.8 Å². The summed E-state index contributed by atoms with van der Waals surface area (Å²) in [6, 6.07) is -0.864. The summed E-state index contributed by atoms with van der Waals surface area (Å²) >= 11 is 0. The second-order valence-electron chi connectivity index (χ2n) is 3.62. The second kappa shape index (κ2) is 5.37. The van der Waals surface area contributed by atoms with Crippen molar-refractivity contribution in [2.45, 2.75) is 24.4 Å². The van der Waals surface area contributed by atoms with Crippen LogP contribution in [0.1, 0.15) is 0 Å². The maximum absolute atomic E-state index is 11.0. The van der Waals surface area contributed by atoms with Crippen LogP contribution in [0.5, 0.6) is 0 Å². The van der Waals surface area contributed by atoms with Crippen molar-refractivity contribution >= 4 is 5.91 Å². The number of nitrogens with one attached hydrogen (secondary N) is 1. The van der Waals surface area contributed by atoms with Gasteiger partial charge in [0.05, 0.1) is 19.2 Å². The first-order valence-electron chi connectivity index (χ1n) is 4.86. The zero-order valence-electron chi connectivity index (χ0n) is 8.58. The lowest BCUT2D eigenvalue weighted by Gasteiger charge is -2.34. The lowest BCUT2D eigenvalue weighted by molar-refractivity contribution is -0.122. The number of rotatable bonds is 3. The highest BCUT2D eigenvalue weighted by atomic mass is 16.4. The maximum Gasteiger partial charge on any atom is 0.234 e. The average Bonchev–Trinajstić information content (AvgIpc) is 2.29. The van der Waals surface area contributed by atoms with Crippen molar-refractivity contribution < 1.29 is 25.2 Å². The first-order chi connectivity index (χ1) is 7.51. The van der Waals surface area contributed by atoms with Crippen molar-refractivity contribution in [2.75, 3.05) is 13.2 Å². The number of carbonyl (C=O) groups is 1. The molecule has 0 aromatic rings. The van der Waals surface area contributed by atoms with Crippen LogP contribution >= 0.6 is 0 Å². The van der Waals surface area contributed by atoms with Crippen molar-refractivity contribution in [3.8, 4) is 0 Å². The molecule has 7 N–H and O–H groups in total. The summed E-state index contributed by atoms with van der Waals surface area (Å²) in [7, 11) is 0. The topological polar surface area (TPSA) is 136 Å². The quantitative estimate of drug-likeness (QED) is 0.279. The van der Waals surface area contributed by atoms with Gasteiger partial charge >= 0.3 is 0 Å². The molecule has 7 heteroatoms. The Morgan fingerprint density at radius 3 is 2.50 bits per heavy atom. The average molecular weight is 232 g/mol. The molecule has 0 aromatic heterocycles. The predicted octanol–water partition coefficient (Wildman–Crippen LogP) is -3.56. The van der Waals surface area contributed by atoms with E-state index in [9.17, 15) is 20.1 Å². The van der Waals surface area contributed by atoms with E-state index in [2.05, 4.69) is 5.32 Å². The maximum atomic E-state index is 11.0. The Labute approximate surface area is 92.2 Å². The number of aliphatic hydroxyl groups is 4. The summed E-state index contributed by atoms with van der Waals surface area (Å²) < 4.78 is 0. The zero-order chi connectivity index (χ0) is 12.3. The number of carbonyl (C=O) groups excluding carboxylic acids is 1. The smallest absolute Gasteiger partial charge is 0.234 e. The molecule has 1 rings (SSSR count). The molecule has 0 bridgehead atoms. The highest BCUT2D eigenvalue weighted by Gasteiger charge is 2.37. The predicted molar refractivity (Wildman–Crippen MR) is 54.2 cm³/mol. The summed E-state index contributed by atoms with van der Waals surface area (Å²) in [5, 5.41) is 39.8. The van der Waals surface area contributed by atoms with E-state index < -0.39 is 36.9 Å². The van der Waals surface area contributed by atoms with E-state index in [0.717, 1.165) is 0 Å². The molecular formula is C9H16N2O5. The Balaban J connectivity index is 2.83. The highest BCUT2D eigenvalue weighted by molar-refractivity contribution is 5.78. The van der Waals surface area contributed by atoms with Gasteiger partial charge in [0.15, 0.2) is 0 Å². The molecule has 1 aliphatic carbocycles. The number of hydrogen-bond donors (Lipinski definition) is 6. The van der Waals surface area contributed by atoms with Crippen LogP contribution in [0.25, 0.3) is 0 Å². The minimum atomic E-state index is -1.45. The lowest BCUT2D eigenvalue weighted by atomic mass is 9.88. The van der Waals surface area contributed by atoms with Gasteiger partial charge in [0.25, 0.3) is 0 Å². The van der Waals surface area contributed by atoms with Gasteiger partial charge in [-0.05, 0) is 5.57 Å². The Hall–Kier alpha value is -0.990. The SMILES string of the molecule is NCC(=O)N[C@@H]1C=C(CO)[C@@H](O)[C@H](O)[C@@H]1O. The van der Waals surface area contributed by atoms with Gasteiger partial charge in [-0.25, -0.2) is 0 Å². The zero-order valence-corrected chi connectivity index (χ0v) is 8.58. The van der Waals surface area contributed by atoms with Crippen LogP contribution in [0.15, 0.2) is 11.6 Å². The van der Waals surface area contributed by atoms with Crippen LogP contribution in [0.3, 0.4) is 0 Å². The molecule has 0 fully saturated rings. The number of nitrogens with two attached hydrogens (primary N) is 1. The molecule has 1 aliphatic rings. The van der Waals surface area contributed by atoms with Crippen LogP contribution in [-0.2, 0) is 4.79 Å². The minimum Gasteiger partial charge on any atom is -0.392 e. The first-order valence-corrected chi connectivity index (χ1v) is 4.86. The molecule has 4 atom stereocenters. The van der Waals surface area contributed by atoms with Crippen LogP contribution < -0.4 is 11.1 Å². The van der Waals surface area contributed by atoms with Gasteiger partial charge in [-0.3, -0.25) is 4.79 Å². The summed E-state index contributed by atoms with van der Waals surface area (Å²) in [6.07, 6.45) is -2.79. The fraction of sp³-hybridized carbons (Fsp3) is 0.667. The molecule has 16 heavy (non-hydrogen) atoms. The van der Waals surface area contributed by atoms with Crippen molar-refractivity contribution in [3.63, 3.8) is 0 Å². The van der Waals surface area contributed by atoms with E-state index in [1.807, 2.05) is 0 Å². The van der Waals surface area contributed by atoms with Gasteiger partial charge in [0.2, 0.25) is 5.91 Å². The first kappa shape index (κ1) is 13.1. The molecule has 0 aromatic carbocycles. The third kappa shape index (κ3) is 2.57. The van der Waals surface area contributed by atoms with Crippen molar-refractivity contribution in [3.05, 3.63) is 11.6 Å². The van der Waals surface area contributed by atoms with Crippen molar-refractivity contribution in [2.24, 2.45) is 5.73 Å². The molecule has 0 saturated carbocycles. The van der Waals surface area contributed by atoms with Crippen LogP contribution in [0, 0.1) is 0 Å². The standard InChI is InChI=1S/C9H16N2O5/c10-2-6(13)11-5-1-4(3-12)7(14)9(16)8(5)15/h1,5,7-9,12,14-16H,2-3,10H2,(H,11,13)/t5-,7-,8-,9+/m1/s1. The largest absolute Gasteiger partial charge is 0.392 e. The third-order valence-corrected chi connectivity index (χ3v) is 2.51. The lowest BCUT2D eigenvalue weighted by Crippen LogP contribution is -2.55. The molecule has 0 unspecified atom stereocenters. The van der Waals surface area contributed by atoms with E-state index in [0.29, 0.717) is 0 Å². The fourth-order valence-corrected chi connectivity index (χ4v) is 1.56. The van der Waals surface area contributed by atoms with Gasteiger partial charge in [-0.2, -0.15) is 0 Å². The van der Waals surface area contributed by atoms with Gasteiger partial charge in [0, 0.05) is 0 Å². The Morgan fingerprint density at radius 1 is 1.38 bits per heavy atom. The summed E-state index contributed by atoms with van der Waals surface area (Å²) in [6.45, 7) is -0.704. The molecule has 1 amide bonds. The fourth-order valence-electron chi connectivity index (χ4n) is 1.56. The molecule has 0 saturated heterocycles. The van der Waals surface area contributed by atoms with E-state index in [4.69, 9.17) is 10.8 Å².